The zero-order chi connectivity index (χ0) is 14.5. The van der Waals surface area contributed by atoms with Gasteiger partial charge < -0.3 is 10.4 Å². The third kappa shape index (κ3) is 3.78. The maximum Gasteiger partial charge on any atom is 0.129 e. The fourth-order valence-corrected chi connectivity index (χ4v) is 2.06. The highest BCUT2D eigenvalue weighted by atomic mass is 19.1. The molecule has 2 aromatic rings. The van der Waals surface area contributed by atoms with Gasteiger partial charge in [0.1, 0.15) is 17.4 Å². The lowest BCUT2D eigenvalue weighted by molar-refractivity contribution is 0.472. The summed E-state index contributed by atoms with van der Waals surface area (Å²) in [6, 6.07) is 10.7. The number of aromatic hydroxyl groups is 1. The summed E-state index contributed by atoms with van der Waals surface area (Å²) in [5.74, 6) is -0.830. The fourth-order valence-electron chi connectivity index (χ4n) is 2.06. The minimum Gasteiger partial charge on any atom is -0.508 e. The molecule has 2 nitrogen and oxygen atoms in total. The molecular formula is C16H17F2NO. The van der Waals surface area contributed by atoms with Gasteiger partial charge in [-0.3, -0.25) is 0 Å². The Morgan fingerprint density at radius 3 is 2.40 bits per heavy atom. The van der Waals surface area contributed by atoms with Crippen molar-refractivity contribution in [2.24, 2.45) is 0 Å². The molecule has 2 aromatic carbocycles. The minimum absolute atomic E-state index is 0.0799. The van der Waals surface area contributed by atoms with Gasteiger partial charge in [-0.25, -0.2) is 8.78 Å². The zero-order valence-electron chi connectivity index (χ0n) is 11.2. The summed E-state index contributed by atoms with van der Waals surface area (Å²) < 4.78 is 27.1. The van der Waals surface area contributed by atoms with Crippen molar-refractivity contribution in [2.75, 3.05) is 0 Å². The molecule has 1 atom stereocenters. The molecule has 106 valence electrons. The lowest BCUT2D eigenvalue weighted by Gasteiger charge is -2.15. The lowest BCUT2D eigenvalue weighted by Crippen LogP contribution is -2.28. The Morgan fingerprint density at radius 1 is 1.10 bits per heavy atom. The number of hydrogen-bond acceptors (Lipinski definition) is 2. The van der Waals surface area contributed by atoms with E-state index < -0.39 is 11.6 Å². The second-order valence-electron chi connectivity index (χ2n) is 4.86. The molecular weight excluding hydrogens is 260 g/mol. The average molecular weight is 277 g/mol. The molecule has 0 aliphatic heterocycles. The zero-order valence-corrected chi connectivity index (χ0v) is 11.2. The van der Waals surface area contributed by atoms with Crippen LogP contribution in [0.15, 0.2) is 42.5 Å². The molecule has 2 rings (SSSR count). The Hall–Kier alpha value is -1.94. The van der Waals surface area contributed by atoms with Gasteiger partial charge in [0.05, 0.1) is 0 Å². The summed E-state index contributed by atoms with van der Waals surface area (Å²) in [5, 5.41) is 12.5. The van der Waals surface area contributed by atoms with Gasteiger partial charge in [0.15, 0.2) is 0 Å². The lowest BCUT2D eigenvalue weighted by atomic mass is 10.1. The minimum atomic E-state index is -0.518. The Kier molecular flexibility index (Phi) is 4.69. The average Bonchev–Trinajstić information content (AvgIpc) is 2.41. The summed E-state index contributed by atoms with van der Waals surface area (Å²) in [6.07, 6.45) is 0.275. The van der Waals surface area contributed by atoms with Crippen molar-refractivity contribution in [1.82, 2.24) is 5.32 Å². The molecule has 0 aliphatic rings. The van der Waals surface area contributed by atoms with E-state index >= 15 is 0 Å². The first kappa shape index (κ1) is 14.5. The molecule has 0 spiro atoms. The molecule has 0 radical (unpaired) electrons. The van der Waals surface area contributed by atoms with Crippen LogP contribution in [-0.2, 0) is 13.0 Å². The number of rotatable bonds is 5. The Labute approximate surface area is 117 Å². The van der Waals surface area contributed by atoms with Crippen LogP contribution in [0.4, 0.5) is 8.78 Å². The first-order valence-corrected chi connectivity index (χ1v) is 6.50. The summed E-state index contributed by atoms with van der Waals surface area (Å²) >= 11 is 0. The fraction of sp³-hybridized carbons (Fsp3) is 0.250. The number of phenolic OH excluding ortho intramolecular Hbond substituents is 1. The quantitative estimate of drug-likeness (QED) is 0.878. The molecule has 4 heteroatoms. The van der Waals surface area contributed by atoms with E-state index in [2.05, 4.69) is 5.32 Å². The van der Waals surface area contributed by atoms with Gasteiger partial charge in [0.2, 0.25) is 0 Å². The van der Waals surface area contributed by atoms with E-state index in [4.69, 9.17) is 0 Å². The van der Waals surface area contributed by atoms with E-state index in [1.54, 1.807) is 18.2 Å². The van der Waals surface area contributed by atoms with E-state index in [-0.39, 0.29) is 23.8 Å². The topological polar surface area (TPSA) is 32.3 Å². The summed E-state index contributed by atoms with van der Waals surface area (Å²) in [7, 11) is 0. The first-order valence-electron chi connectivity index (χ1n) is 6.50. The largest absolute Gasteiger partial charge is 0.508 e. The van der Waals surface area contributed by atoms with Crippen LogP contribution in [0.25, 0.3) is 0 Å². The Bertz CT molecular complexity index is 566. The van der Waals surface area contributed by atoms with Gasteiger partial charge in [0, 0.05) is 18.2 Å². The van der Waals surface area contributed by atoms with Crippen molar-refractivity contribution >= 4 is 0 Å². The molecule has 20 heavy (non-hydrogen) atoms. The summed E-state index contributed by atoms with van der Waals surface area (Å²) in [5.41, 5.74) is 1.02. The molecule has 0 heterocycles. The Morgan fingerprint density at radius 2 is 1.75 bits per heavy atom. The SMILES string of the molecule is C[C@@H](Cc1c(F)cccc1F)NCc1cccc(O)c1. The molecule has 0 saturated heterocycles. The molecule has 2 N–H and O–H groups in total. The molecule has 0 aliphatic carbocycles. The normalized spacial score (nSPS) is 12.3. The Balaban J connectivity index is 1.94. The van der Waals surface area contributed by atoms with E-state index in [9.17, 15) is 13.9 Å². The molecule has 0 unspecified atom stereocenters. The second-order valence-corrected chi connectivity index (χ2v) is 4.86. The van der Waals surface area contributed by atoms with E-state index in [1.165, 1.54) is 18.2 Å². The van der Waals surface area contributed by atoms with Crippen molar-refractivity contribution in [3.63, 3.8) is 0 Å². The molecule has 0 saturated carbocycles. The van der Waals surface area contributed by atoms with Crippen LogP contribution in [0.5, 0.6) is 5.75 Å². The molecule has 0 bridgehead atoms. The van der Waals surface area contributed by atoms with Crippen LogP contribution < -0.4 is 5.32 Å². The van der Waals surface area contributed by atoms with Gasteiger partial charge in [0.25, 0.3) is 0 Å². The molecule has 0 aromatic heterocycles. The van der Waals surface area contributed by atoms with Gasteiger partial charge in [-0.05, 0) is 43.2 Å². The molecule has 0 fully saturated rings. The van der Waals surface area contributed by atoms with Gasteiger partial charge >= 0.3 is 0 Å². The van der Waals surface area contributed by atoms with Gasteiger partial charge in [-0.1, -0.05) is 18.2 Å². The highest BCUT2D eigenvalue weighted by molar-refractivity contribution is 5.27. The van der Waals surface area contributed by atoms with E-state index in [0.717, 1.165) is 5.56 Å². The third-order valence-corrected chi connectivity index (χ3v) is 3.14. The maximum absolute atomic E-state index is 13.5. The highest BCUT2D eigenvalue weighted by Crippen LogP contribution is 2.15. The number of halogens is 2. The van der Waals surface area contributed by atoms with Crippen LogP contribution in [0.1, 0.15) is 18.1 Å². The van der Waals surface area contributed by atoms with Crippen LogP contribution in [0, 0.1) is 11.6 Å². The van der Waals surface area contributed by atoms with Gasteiger partial charge in [-0.15, -0.1) is 0 Å². The maximum atomic E-state index is 13.5. The van der Waals surface area contributed by atoms with E-state index in [1.807, 2.05) is 13.0 Å². The highest BCUT2D eigenvalue weighted by Gasteiger charge is 2.12. The van der Waals surface area contributed by atoms with Crippen molar-refractivity contribution in [3.05, 3.63) is 65.2 Å². The van der Waals surface area contributed by atoms with Crippen molar-refractivity contribution < 1.29 is 13.9 Å². The number of nitrogens with one attached hydrogen (secondary N) is 1. The summed E-state index contributed by atoms with van der Waals surface area (Å²) in [4.78, 5) is 0. The van der Waals surface area contributed by atoms with Crippen LogP contribution in [-0.4, -0.2) is 11.1 Å². The van der Waals surface area contributed by atoms with Crippen LogP contribution in [0.3, 0.4) is 0 Å². The predicted octanol–water partition coefficient (Wildman–Crippen LogP) is 3.39. The predicted molar refractivity (Wildman–Crippen MR) is 74.5 cm³/mol. The van der Waals surface area contributed by atoms with Gasteiger partial charge in [-0.2, -0.15) is 0 Å². The summed E-state index contributed by atoms with van der Waals surface area (Å²) in [6.45, 7) is 2.40. The standard InChI is InChI=1S/C16H17F2NO/c1-11(8-14-15(17)6-3-7-16(14)18)19-10-12-4-2-5-13(20)9-12/h2-7,9,11,19-20H,8,10H2,1H3/t11-/m0/s1. The number of phenols is 1. The van der Waals surface area contributed by atoms with Crippen molar-refractivity contribution in [1.29, 1.82) is 0 Å². The number of hydrogen-bond donors (Lipinski definition) is 2. The van der Waals surface area contributed by atoms with Crippen molar-refractivity contribution in [2.45, 2.75) is 25.9 Å². The first-order chi connectivity index (χ1) is 9.56. The molecule has 0 amide bonds. The van der Waals surface area contributed by atoms with Crippen molar-refractivity contribution in [3.8, 4) is 5.75 Å². The number of benzene rings is 2. The second kappa shape index (κ2) is 6.48. The van der Waals surface area contributed by atoms with Crippen LogP contribution in [0.2, 0.25) is 0 Å². The smallest absolute Gasteiger partial charge is 0.129 e. The monoisotopic (exact) mass is 277 g/mol. The van der Waals surface area contributed by atoms with E-state index in [0.29, 0.717) is 6.54 Å². The third-order valence-electron chi connectivity index (χ3n) is 3.14. The van der Waals surface area contributed by atoms with Crippen LogP contribution >= 0.6 is 0 Å².